The van der Waals surface area contributed by atoms with Crippen LogP contribution in [0.2, 0.25) is 0 Å². The standard InChI is InChI=1S/C13H26N4O/c1-12(2,17-8-6-16(3)7-9-17)10-15-11(18)13(14)4-5-13/h4-10,14H2,1-3H3,(H,15,18). The maximum absolute atomic E-state index is 11.8. The van der Waals surface area contributed by atoms with Gasteiger partial charge in [0.2, 0.25) is 5.91 Å². The van der Waals surface area contributed by atoms with Crippen molar-refractivity contribution >= 4 is 5.91 Å². The first-order chi connectivity index (χ1) is 8.33. The van der Waals surface area contributed by atoms with Crippen LogP contribution in [0, 0.1) is 0 Å². The topological polar surface area (TPSA) is 61.6 Å². The molecule has 3 N–H and O–H groups in total. The van der Waals surface area contributed by atoms with E-state index in [4.69, 9.17) is 5.73 Å². The highest BCUT2D eigenvalue weighted by Crippen LogP contribution is 2.32. The maximum atomic E-state index is 11.8. The van der Waals surface area contributed by atoms with Crippen LogP contribution in [0.1, 0.15) is 26.7 Å². The van der Waals surface area contributed by atoms with E-state index in [2.05, 4.69) is 36.0 Å². The minimum atomic E-state index is -0.557. The second kappa shape index (κ2) is 4.79. The molecule has 2 rings (SSSR count). The summed E-state index contributed by atoms with van der Waals surface area (Å²) in [6.45, 7) is 9.37. The molecular weight excluding hydrogens is 228 g/mol. The Labute approximate surface area is 110 Å². The largest absolute Gasteiger partial charge is 0.353 e. The highest BCUT2D eigenvalue weighted by atomic mass is 16.2. The Morgan fingerprint density at radius 1 is 1.28 bits per heavy atom. The molecule has 0 aromatic carbocycles. The van der Waals surface area contributed by atoms with E-state index in [9.17, 15) is 4.79 Å². The van der Waals surface area contributed by atoms with E-state index >= 15 is 0 Å². The van der Waals surface area contributed by atoms with Crippen LogP contribution < -0.4 is 11.1 Å². The molecule has 0 unspecified atom stereocenters. The van der Waals surface area contributed by atoms with Gasteiger partial charge in [-0.3, -0.25) is 9.69 Å². The first kappa shape index (κ1) is 13.8. The van der Waals surface area contributed by atoms with Crippen molar-refractivity contribution in [3.63, 3.8) is 0 Å². The Kier molecular flexibility index (Phi) is 3.67. The molecule has 0 aromatic heterocycles. The van der Waals surface area contributed by atoms with Gasteiger partial charge in [-0.05, 0) is 33.7 Å². The predicted octanol–water partition coefficient (Wildman–Crippen LogP) is -0.380. The summed E-state index contributed by atoms with van der Waals surface area (Å²) in [6.07, 6.45) is 1.65. The second-order valence-corrected chi connectivity index (χ2v) is 6.44. The number of piperazine rings is 1. The van der Waals surface area contributed by atoms with Crippen LogP contribution in [0.25, 0.3) is 0 Å². The summed E-state index contributed by atoms with van der Waals surface area (Å²) in [5, 5.41) is 3.01. The van der Waals surface area contributed by atoms with Gasteiger partial charge in [0.1, 0.15) is 0 Å². The van der Waals surface area contributed by atoms with E-state index in [1.807, 2.05) is 0 Å². The number of nitrogens with one attached hydrogen (secondary N) is 1. The van der Waals surface area contributed by atoms with Gasteiger partial charge in [-0.1, -0.05) is 0 Å². The predicted molar refractivity (Wildman–Crippen MR) is 72.3 cm³/mol. The minimum absolute atomic E-state index is 0.00215. The van der Waals surface area contributed by atoms with E-state index in [0.29, 0.717) is 6.54 Å². The fourth-order valence-electron chi connectivity index (χ4n) is 2.36. The second-order valence-electron chi connectivity index (χ2n) is 6.44. The summed E-state index contributed by atoms with van der Waals surface area (Å²) >= 11 is 0. The lowest BCUT2D eigenvalue weighted by atomic mass is 10.0. The smallest absolute Gasteiger partial charge is 0.240 e. The summed E-state index contributed by atoms with van der Waals surface area (Å²) in [6, 6.07) is 0. The summed E-state index contributed by atoms with van der Waals surface area (Å²) in [4.78, 5) is 16.6. The van der Waals surface area contributed by atoms with Crippen molar-refractivity contribution in [2.24, 2.45) is 5.73 Å². The average molecular weight is 254 g/mol. The molecule has 0 aromatic rings. The molecule has 104 valence electrons. The molecule has 0 spiro atoms. The molecule has 0 bridgehead atoms. The van der Waals surface area contributed by atoms with Crippen LogP contribution in [-0.2, 0) is 4.79 Å². The van der Waals surface area contributed by atoms with Crippen LogP contribution in [0.3, 0.4) is 0 Å². The van der Waals surface area contributed by atoms with Gasteiger partial charge in [-0.25, -0.2) is 0 Å². The zero-order valence-corrected chi connectivity index (χ0v) is 11.8. The molecule has 18 heavy (non-hydrogen) atoms. The fraction of sp³-hybridized carbons (Fsp3) is 0.923. The van der Waals surface area contributed by atoms with E-state index in [1.165, 1.54) is 0 Å². The number of hydrogen-bond acceptors (Lipinski definition) is 4. The molecule has 1 saturated heterocycles. The lowest BCUT2D eigenvalue weighted by Gasteiger charge is -2.43. The van der Waals surface area contributed by atoms with E-state index in [0.717, 1.165) is 39.0 Å². The highest BCUT2D eigenvalue weighted by Gasteiger charge is 2.46. The van der Waals surface area contributed by atoms with Crippen LogP contribution in [-0.4, -0.2) is 66.6 Å². The molecule has 1 amide bonds. The molecule has 5 heteroatoms. The molecule has 1 heterocycles. The van der Waals surface area contributed by atoms with E-state index < -0.39 is 5.54 Å². The Morgan fingerprint density at radius 2 is 1.83 bits per heavy atom. The molecule has 1 aliphatic carbocycles. The number of amides is 1. The summed E-state index contributed by atoms with van der Waals surface area (Å²) in [7, 11) is 2.15. The Hall–Kier alpha value is -0.650. The number of rotatable bonds is 4. The van der Waals surface area contributed by atoms with Gasteiger partial charge in [0.15, 0.2) is 0 Å². The fourth-order valence-corrected chi connectivity index (χ4v) is 2.36. The van der Waals surface area contributed by atoms with Crippen molar-refractivity contribution in [3.05, 3.63) is 0 Å². The lowest BCUT2D eigenvalue weighted by Crippen LogP contribution is -2.59. The molecule has 0 atom stereocenters. The first-order valence-corrected chi connectivity index (χ1v) is 6.84. The lowest BCUT2D eigenvalue weighted by molar-refractivity contribution is -0.123. The van der Waals surface area contributed by atoms with Gasteiger partial charge in [-0.2, -0.15) is 0 Å². The third-order valence-electron chi connectivity index (χ3n) is 4.28. The summed E-state index contributed by atoms with van der Waals surface area (Å²) < 4.78 is 0. The van der Waals surface area contributed by atoms with Gasteiger partial charge >= 0.3 is 0 Å². The number of hydrogen-bond donors (Lipinski definition) is 2. The van der Waals surface area contributed by atoms with Crippen molar-refractivity contribution in [1.82, 2.24) is 15.1 Å². The monoisotopic (exact) mass is 254 g/mol. The quantitative estimate of drug-likeness (QED) is 0.718. The van der Waals surface area contributed by atoms with Crippen LogP contribution in [0.15, 0.2) is 0 Å². The van der Waals surface area contributed by atoms with Gasteiger partial charge < -0.3 is 16.0 Å². The van der Waals surface area contributed by atoms with Gasteiger partial charge in [0.25, 0.3) is 0 Å². The van der Waals surface area contributed by atoms with Gasteiger partial charge in [0, 0.05) is 38.3 Å². The van der Waals surface area contributed by atoms with Crippen LogP contribution in [0.5, 0.6) is 0 Å². The normalized spacial score (nSPS) is 24.9. The van der Waals surface area contributed by atoms with Gasteiger partial charge in [-0.15, -0.1) is 0 Å². The maximum Gasteiger partial charge on any atom is 0.240 e. The number of carbonyl (C=O) groups is 1. The zero-order chi connectivity index (χ0) is 13.4. The molecular formula is C13H26N4O. The minimum Gasteiger partial charge on any atom is -0.353 e. The van der Waals surface area contributed by atoms with E-state index in [1.54, 1.807) is 0 Å². The average Bonchev–Trinajstić information content (AvgIpc) is 3.06. The Balaban J connectivity index is 1.81. The van der Waals surface area contributed by atoms with Crippen LogP contribution >= 0.6 is 0 Å². The van der Waals surface area contributed by atoms with Crippen molar-refractivity contribution in [2.45, 2.75) is 37.8 Å². The van der Waals surface area contributed by atoms with Gasteiger partial charge in [0.05, 0.1) is 5.54 Å². The van der Waals surface area contributed by atoms with Crippen molar-refractivity contribution in [2.75, 3.05) is 39.8 Å². The van der Waals surface area contributed by atoms with Crippen molar-refractivity contribution in [1.29, 1.82) is 0 Å². The Bertz CT molecular complexity index is 317. The first-order valence-electron chi connectivity index (χ1n) is 6.84. The Morgan fingerprint density at radius 3 is 2.33 bits per heavy atom. The third-order valence-corrected chi connectivity index (χ3v) is 4.28. The number of likely N-dealkylation sites (N-methyl/N-ethyl adjacent to an activating group) is 1. The summed E-state index contributed by atoms with van der Waals surface area (Å²) in [5.74, 6) is 0.0182. The number of carbonyl (C=O) groups excluding carboxylic acids is 1. The number of nitrogens with two attached hydrogens (primary N) is 1. The molecule has 2 fully saturated rings. The zero-order valence-electron chi connectivity index (χ0n) is 11.8. The van der Waals surface area contributed by atoms with E-state index in [-0.39, 0.29) is 11.4 Å². The number of nitrogens with zero attached hydrogens (tertiary/aromatic N) is 2. The molecule has 2 aliphatic rings. The molecule has 1 aliphatic heterocycles. The molecule has 0 radical (unpaired) electrons. The summed E-state index contributed by atoms with van der Waals surface area (Å²) in [5.41, 5.74) is 5.33. The SMILES string of the molecule is CN1CCN(C(C)(C)CNC(=O)C2(N)CC2)CC1. The molecule has 1 saturated carbocycles. The van der Waals surface area contributed by atoms with Crippen LogP contribution in [0.4, 0.5) is 0 Å². The van der Waals surface area contributed by atoms with Crippen molar-refractivity contribution in [3.8, 4) is 0 Å². The molecule has 5 nitrogen and oxygen atoms in total. The third kappa shape index (κ3) is 3.02. The van der Waals surface area contributed by atoms with Crippen molar-refractivity contribution < 1.29 is 4.79 Å². The highest BCUT2D eigenvalue weighted by molar-refractivity contribution is 5.89.